The Morgan fingerprint density at radius 2 is 2.15 bits per heavy atom. The van der Waals surface area contributed by atoms with Gasteiger partial charge in [0.25, 0.3) is 5.91 Å². The van der Waals surface area contributed by atoms with Gasteiger partial charge in [0.2, 0.25) is 0 Å². The second-order valence-corrected chi connectivity index (χ2v) is 7.97. The molecule has 0 radical (unpaired) electrons. The molecular formula is C21H30N4O2. The van der Waals surface area contributed by atoms with E-state index in [0.717, 1.165) is 36.9 Å². The molecule has 27 heavy (non-hydrogen) atoms. The lowest BCUT2D eigenvalue weighted by atomic mass is 9.90. The van der Waals surface area contributed by atoms with Gasteiger partial charge in [-0.1, -0.05) is 12.8 Å². The first-order valence-corrected chi connectivity index (χ1v) is 10.3. The largest absolute Gasteiger partial charge is 0.472 e. The van der Waals surface area contributed by atoms with Gasteiger partial charge in [0.1, 0.15) is 0 Å². The van der Waals surface area contributed by atoms with E-state index in [1.165, 1.54) is 31.4 Å². The number of aromatic nitrogens is 2. The van der Waals surface area contributed by atoms with Crippen molar-refractivity contribution in [2.75, 3.05) is 7.05 Å². The summed E-state index contributed by atoms with van der Waals surface area (Å²) in [5.41, 5.74) is 4.04. The number of carbonyl (C=O) groups is 1. The number of hydrogen-bond acceptors (Lipinski definition) is 4. The lowest BCUT2D eigenvalue weighted by Crippen LogP contribution is -2.41. The molecule has 1 N–H and O–H groups in total. The first-order valence-electron chi connectivity index (χ1n) is 10.3. The Labute approximate surface area is 160 Å². The minimum Gasteiger partial charge on any atom is -0.472 e. The summed E-state index contributed by atoms with van der Waals surface area (Å²) >= 11 is 0. The van der Waals surface area contributed by atoms with E-state index < -0.39 is 0 Å². The molecule has 0 saturated heterocycles. The summed E-state index contributed by atoms with van der Waals surface area (Å²) in [6, 6.07) is 3.01. The zero-order valence-corrected chi connectivity index (χ0v) is 16.4. The normalized spacial score (nSPS) is 20.0. The molecule has 2 aromatic heterocycles. The number of aryl methyl sites for hydroxylation is 1. The van der Waals surface area contributed by atoms with Crippen molar-refractivity contribution in [3.63, 3.8) is 0 Å². The molecule has 0 aromatic carbocycles. The number of carbonyl (C=O) groups excluding carboxylic acids is 1. The van der Waals surface area contributed by atoms with E-state index in [-0.39, 0.29) is 5.91 Å². The average molecular weight is 370 g/mol. The van der Waals surface area contributed by atoms with Gasteiger partial charge in [-0.25, -0.2) is 0 Å². The predicted octanol–water partition coefficient (Wildman–Crippen LogP) is 3.16. The molecule has 0 aliphatic heterocycles. The molecule has 6 heteroatoms. The third-order valence-electron chi connectivity index (χ3n) is 6.02. The van der Waals surface area contributed by atoms with Crippen LogP contribution in [0.5, 0.6) is 0 Å². The lowest BCUT2D eigenvalue weighted by Gasteiger charge is -2.27. The van der Waals surface area contributed by atoms with Crippen molar-refractivity contribution in [3.05, 3.63) is 41.1 Å². The summed E-state index contributed by atoms with van der Waals surface area (Å²) in [5.74, 6) is 0.00108. The van der Waals surface area contributed by atoms with Crippen molar-refractivity contribution in [1.29, 1.82) is 0 Å². The number of amides is 1. The molecular weight excluding hydrogens is 340 g/mol. The highest BCUT2D eigenvalue weighted by Gasteiger charge is 2.31. The smallest absolute Gasteiger partial charge is 0.274 e. The Hall–Kier alpha value is -2.08. The Morgan fingerprint density at radius 1 is 1.33 bits per heavy atom. The maximum absolute atomic E-state index is 13.1. The van der Waals surface area contributed by atoms with Gasteiger partial charge in [-0.3, -0.25) is 9.48 Å². The fourth-order valence-electron chi connectivity index (χ4n) is 4.60. The Morgan fingerprint density at radius 3 is 2.85 bits per heavy atom. The second-order valence-electron chi connectivity index (χ2n) is 7.97. The van der Waals surface area contributed by atoms with Crippen LogP contribution in [0, 0.1) is 0 Å². The van der Waals surface area contributed by atoms with Crippen LogP contribution in [0.3, 0.4) is 0 Å². The highest BCUT2D eigenvalue weighted by Crippen LogP contribution is 2.28. The van der Waals surface area contributed by atoms with Crippen LogP contribution in [0.4, 0.5) is 0 Å². The molecule has 1 saturated carbocycles. The standard InChI is InChI=1S/C21H30N4O2/c1-3-25-19-9-8-17(22-16-6-4-5-7-16)12-18(19)20(23-25)21(26)24(2)13-15-10-11-27-14-15/h10-11,14,16-17,22H,3-9,12-13H2,1-2H3/t17-/m0/s1. The van der Waals surface area contributed by atoms with E-state index in [2.05, 4.69) is 12.2 Å². The highest BCUT2D eigenvalue weighted by molar-refractivity contribution is 5.94. The van der Waals surface area contributed by atoms with Gasteiger partial charge in [-0.05, 0) is 45.1 Å². The molecule has 1 amide bonds. The van der Waals surface area contributed by atoms with Crippen molar-refractivity contribution in [1.82, 2.24) is 20.0 Å². The minimum absolute atomic E-state index is 0.00108. The molecule has 0 spiro atoms. The first kappa shape index (κ1) is 18.3. The van der Waals surface area contributed by atoms with Crippen molar-refractivity contribution < 1.29 is 9.21 Å². The van der Waals surface area contributed by atoms with E-state index in [1.54, 1.807) is 17.4 Å². The quantitative estimate of drug-likeness (QED) is 0.848. The number of fused-ring (bicyclic) bond motifs is 1. The highest BCUT2D eigenvalue weighted by atomic mass is 16.3. The molecule has 2 heterocycles. The molecule has 0 unspecified atom stereocenters. The van der Waals surface area contributed by atoms with Gasteiger partial charge in [-0.15, -0.1) is 0 Å². The van der Waals surface area contributed by atoms with Gasteiger partial charge in [-0.2, -0.15) is 5.10 Å². The fraction of sp³-hybridized carbons (Fsp3) is 0.619. The fourth-order valence-corrected chi connectivity index (χ4v) is 4.60. The molecule has 1 atom stereocenters. The first-order chi connectivity index (χ1) is 13.2. The average Bonchev–Trinajstić information content (AvgIpc) is 3.42. The van der Waals surface area contributed by atoms with Crippen LogP contribution in [0.1, 0.15) is 66.3 Å². The Kier molecular flexibility index (Phi) is 5.34. The Bertz CT molecular complexity index is 774. The van der Waals surface area contributed by atoms with Gasteiger partial charge in [0, 0.05) is 49.0 Å². The maximum atomic E-state index is 13.1. The van der Waals surface area contributed by atoms with Crippen LogP contribution in [-0.4, -0.2) is 39.7 Å². The van der Waals surface area contributed by atoms with Crippen LogP contribution < -0.4 is 5.32 Å². The molecule has 2 aromatic rings. The molecule has 0 bridgehead atoms. The predicted molar refractivity (Wildman–Crippen MR) is 104 cm³/mol. The van der Waals surface area contributed by atoms with Gasteiger partial charge in [0.15, 0.2) is 5.69 Å². The van der Waals surface area contributed by atoms with E-state index >= 15 is 0 Å². The van der Waals surface area contributed by atoms with Gasteiger partial charge in [0.05, 0.1) is 12.5 Å². The summed E-state index contributed by atoms with van der Waals surface area (Å²) < 4.78 is 7.15. The van der Waals surface area contributed by atoms with Gasteiger partial charge < -0.3 is 14.6 Å². The van der Waals surface area contributed by atoms with Crippen LogP contribution >= 0.6 is 0 Å². The van der Waals surface area contributed by atoms with Crippen LogP contribution in [-0.2, 0) is 25.9 Å². The molecule has 2 aliphatic rings. The monoisotopic (exact) mass is 370 g/mol. The molecule has 2 aliphatic carbocycles. The Balaban J connectivity index is 1.52. The van der Waals surface area contributed by atoms with Gasteiger partial charge >= 0.3 is 0 Å². The van der Waals surface area contributed by atoms with Crippen LogP contribution in [0.25, 0.3) is 0 Å². The van der Waals surface area contributed by atoms with E-state index in [9.17, 15) is 4.79 Å². The van der Waals surface area contributed by atoms with E-state index in [1.807, 2.05) is 17.8 Å². The summed E-state index contributed by atoms with van der Waals surface area (Å²) in [6.07, 6.45) is 11.6. The van der Waals surface area contributed by atoms with E-state index in [0.29, 0.717) is 24.3 Å². The molecule has 6 nitrogen and oxygen atoms in total. The molecule has 4 rings (SSSR count). The molecule has 146 valence electrons. The summed E-state index contributed by atoms with van der Waals surface area (Å²) in [4.78, 5) is 14.9. The van der Waals surface area contributed by atoms with Crippen LogP contribution in [0.15, 0.2) is 23.0 Å². The van der Waals surface area contributed by atoms with Crippen molar-refractivity contribution in [2.24, 2.45) is 0 Å². The number of furan rings is 1. The zero-order valence-electron chi connectivity index (χ0n) is 16.4. The zero-order chi connectivity index (χ0) is 18.8. The topological polar surface area (TPSA) is 63.3 Å². The van der Waals surface area contributed by atoms with Crippen molar-refractivity contribution >= 4 is 5.91 Å². The lowest BCUT2D eigenvalue weighted by molar-refractivity contribution is 0.0777. The SMILES string of the molecule is CCn1nc(C(=O)N(C)Cc2ccoc2)c2c1CC[C@H](NC1CCCC1)C2. The summed E-state index contributed by atoms with van der Waals surface area (Å²) in [7, 11) is 1.84. The third-order valence-corrected chi connectivity index (χ3v) is 6.02. The van der Waals surface area contributed by atoms with Crippen LogP contribution in [0.2, 0.25) is 0 Å². The number of rotatable bonds is 6. The number of hydrogen-bond donors (Lipinski definition) is 1. The summed E-state index contributed by atoms with van der Waals surface area (Å²) in [6.45, 7) is 3.44. The molecule has 1 fully saturated rings. The van der Waals surface area contributed by atoms with Crippen molar-refractivity contribution in [3.8, 4) is 0 Å². The number of nitrogens with one attached hydrogen (secondary N) is 1. The van der Waals surface area contributed by atoms with E-state index in [4.69, 9.17) is 9.52 Å². The second kappa shape index (κ2) is 7.89. The summed E-state index contributed by atoms with van der Waals surface area (Å²) in [5, 5.41) is 8.54. The third kappa shape index (κ3) is 3.81. The van der Waals surface area contributed by atoms with Crippen molar-refractivity contribution in [2.45, 2.75) is 77.0 Å². The minimum atomic E-state index is 0.00108. The number of nitrogens with zero attached hydrogens (tertiary/aromatic N) is 3. The maximum Gasteiger partial charge on any atom is 0.274 e.